The van der Waals surface area contributed by atoms with Crippen LogP contribution in [-0.4, -0.2) is 248 Å². The van der Waals surface area contributed by atoms with Gasteiger partial charge in [-0.15, -0.1) is 6.58 Å². The zero-order chi connectivity index (χ0) is 60.2. The first-order valence-electron chi connectivity index (χ1n) is 29.6. The van der Waals surface area contributed by atoms with Crippen LogP contribution in [0.15, 0.2) is 23.8 Å². The highest BCUT2D eigenvalue weighted by Crippen LogP contribution is 2.75. The van der Waals surface area contributed by atoms with E-state index in [9.17, 15) is 65.8 Å². The maximum atomic E-state index is 14.4. The topological polar surface area (TPSA) is 367 Å². The quantitative estimate of drug-likeness (QED) is 0.0645. The van der Waals surface area contributed by atoms with Crippen LogP contribution in [0.3, 0.4) is 0 Å². The second kappa shape index (κ2) is 23.9. The number of cyclic esters (lactones) is 1. The molecular formula is C58H90O25. The molecule has 0 unspecified atom stereocenters. The molecule has 0 aromatic heterocycles. The molecule has 83 heavy (non-hydrogen) atoms. The Balaban J connectivity index is 0.866. The number of carbonyl (C=O) groups excluding carboxylic acids is 2. The van der Waals surface area contributed by atoms with Crippen LogP contribution in [0.5, 0.6) is 0 Å². The second-order valence-electron chi connectivity index (χ2n) is 26.7. The summed E-state index contributed by atoms with van der Waals surface area (Å²) in [6.45, 7) is 16.0. The molecule has 25 heteroatoms. The van der Waals surface area contributed by atoms with Crippen LogP contribution < -0.4 is 0 Å². The van der Waals surface area contributed by atoms with Gasteiger partial charge in [-0.25, -0.2) is 0 Å². The smallest absolute Gasteiger partial charge is 0.314 e. The van der Waals surface area contributed by atoms with Crippen molar-refractivity contribution >= 4 is 11.8 Å². The highest BCUT2D eigenvalue weighted by molar-refractivity contribution is 5.99. The second-order valence-corrected chi connectivity index (χ2v) is 26.7. The fraction of sp³-hybridized carbons (Fsp3) is 0.897. The number of fused-ring (bicyclic) bond motifs is 4. The van der Waals surface area contributed by atoms with E-state index in [-0.39, 0.29) is 42.0 Å². The monoisotopic (exact) mass is 1190 g/mol. The van der Waals surface area contributed by atoms with Crippen LogP contribution in [0.1, 0.15) is 106 Å². The Hall–Kier alpha value is -2.26. The molecule has 1 spiro atoms. The van der Waals surface area contributed by atoms with Gasteiger partial charge in [-0.1, -0.05) is 44.9 Å². The van der Waals surface area contributed by atoms with Gasteiger partial charge < -0.3 is 113 Å². The SMILES string of the molecule is C=C(C)CCC[C@]1(C)OC(=O)[C@]23CC[C@H]4C(=CC[C@H]5C(C)(C)[C@@H](O[C@@H]6OC[C@@H](O)[C@H](O)[C@H]6O[C@@H]6O[C@H](C)[C@@H](O[C@@H]7OC[C@@H](O)[C@H](O[C@@H]8O[C@H](CO)[C@@H](O)[C@H](OC)[C@H]8O)[C@H]7O)[C@H](O)[C@H]6O[C@@H]6OC[C@@H](O)[C@H](O)[C@H]6O)CC[C@]45C)[C@]2(C)CC(=O)[C@@H]31. The van der Waals surface area contributed by atoms with E-state index < -0.39 is 189 Å². The molecule has 0 amide bonds. The van der Waals surface area contributed by atoms with Gasteiger partial charge >= 0.3 is 5.97 Å². The van der Waals surface area contributed by atoms with Gasteiger partial charge in [-0.3, -0.25) is 9.59 Å². The number of hydrogen-bond donors (Lipinski definition) is 11. The summed E-state index contributed by atoms with van der Waals surface area (Å²) in [4.78, 5) is 28.8. The van der Waals surface area contributed by atoms with E-state index in [2.05, 4.69) is 40.3 Å². The molecule has 0 radical (unpaired) electrons. The Bertz CT molecular complexity index is 2380. The molecule has 25 nitrogen and oxygen atoms in total. The average Bonchev–Trinajstić information content (AvgIpc) is 1.76. The lowest BCUT2D eigenvalue weighted by atomic mass is 9.41. The van der Waals surface area contributed by atoms with Crippen LogP contribution in [0.4, 0.5) is 0 Å². The molecule has 0 aromatic carbocycles. The Kier molecular flexibility index (Phi) is 18.4. The number of aliphatic hydroxyl groups excluding tert-OH is 11. The summed E-state index contributed by atoms with van der Waals surface area (Å²) in [5.74, 6) is -0.643. The van der Waals surface area contributed by atoms with E-state index in [1.807, 2.05) is 13.8 Å². The predicted octanol–water partition coefficient (Wildman–Crippen LogP) is -1.11. The summed E-state index contributed by atoms with van der Waals surface area (Å²) in [6, 6.07) is 0. The molecule has 6 heterocycles. The summed E-state index contributed by atoms with van der Waals surface area (Å²) in [5, 5.41) is 121. The van der Waals surface area contributed by atoms with Crippen LogP contribution in [-0.2, 0) is 66.4 Å². The third-order valence-corrected chi connectivity index (χ3v) is 21.2. The first-order chi connectivity index (χ1) is 39.1. The molecule has 0 bridgehead atoms. The minimum atomic E-state index is -1.88. The Morgan fingerprint density at radius 2 is 1.27 bits per heavy atom. The maximum absolute atomic E-state index is 14.4. The highest BCUT2D eigenvalue weighted by atomic mass is 16.8. The minimum Gasteiger partial charge on any atom is -0.458 e. The van der Waals surface area contributed by atoms with Crippen molar-refractivity contribution in [1.82, 2.24) is 0 Å². The van der Waals surface area contributed by atoms with Crippen LogP contribution in [0, 0.1) is 39.4 Å². The minimum absolute atomic E-state index is 0.0252. The molecule has 30 atom stereocenters. The maximum Gasteiger partial charge on any atom is 0.314 e. The Labute approximate surface area is 483 Å². The van der Waals surface area contributed by atoms with E-state index in [0.29, 0.717) is 38.5 Å². The van der Waals surface area contributed by atoms with Crippen molar-refractivity contribution in [3.63, 3.8) is 0 Å². The van der Waals surface area contributed by atoms with Crippen molar-refractivity contribution in [3.05, 3.63) is 23.8 Å². The van der Waals surface area contributed by atoms with Crippen molar-refractivity contribution < 1.29 is 123 Å². The Morgan fingerprint density at radius 1 is 0.663 bits per heavy atom. The molecule has 10 rings (SSSR count). The average molecular weight is 1190 g/mol. The molecule has 4 aliphatic carbocycles. The molecule has 472 valence electrons. The number of Topliss-reactive ketones (excluding diaryl/α,β-unsaturated/α-hetero) is 1. The summed E-state index contributed by atoms with van der Waals surface area (Å²) in [7, 11) is 1.21. The fourth-order valence-corrected chi connectivity index (χ4v) is 16.7. The normalized spacial score (nSPS) is 52.4. The number of ether oxygens (including phenoxy) is 12. The summed E-state index contributed by atoms with van der Waals surface area (Å²) < 4.78 is 72.5. The molecule has 9 fully saturated rings. The van der Waals surface area contributed by atoms with E-state index in [0.717, 1.165) is 24.0 Å². The van der Waals surface area contributed by atoms with Crippen LogP contribution in [0.25, 0.3) is 0 Å². The predicted molar refractivity (Wildman–Crippen MR) is 281 cm³/mol. The van der Waals surface area contributed by atoms with Crippen molar-refractivity contribution in [2.24, 2.45) is 39.4 Å². The summed E-state index contributed by atoms with van der Waals surface area (Å²) in [5.41, 5.74) is -1.23. The number of methoxy groups -OCH3 is 1. The third-order valence-electron chi connectivity index (χ3n) is 21.2. The van der Waals surface area contributed by atoms with Gasteiger partial charge in [0.1, 0.15) is 109 Å². The fourth-order valence-electron chi connectivity index (χ4n) is 16.7. The van der Waals surface area contributed by atoms with Gasteiger partial charge in [0.25, 0.3) is 0 Å². The molecule has 3 saturated carbocycles. The van der Waals surface area contributed by atoms with Gasteiger partial charge in [0, 0.05) is 18.9 Å². The number of rotatable bonds is 16. The standard InChI is InChI=1S/C58H90O25/c1-24(2)11-10-16-57(8)47-28(60)19-56(7)27-12-13-33-54(4,5)34(15-17-55(33,6)26(27)14-18-58(47,56)53(71)83-57)78-51-45(36(65)30(62)22-75-51)82-52-46(81-48-38(67)35(64)29(61)21-73-48)39(68)42(25(3)76-52)79-49-40(69)43(31(63)23-74-49)80-50-41(70)44(72-9)37(66)32(20-59)77-50/h12,25-26,29-52,59,61-70H,1,10-11,13-23H2,2-9H3/t25-,26+,29-,30-,31-,32-,33+,34+,35+,36+,37-,38-,39+,40-,41-,42-,43+,44+,45-,46-,47-,48+,49+,50+,51+,52+,55-,56+,57+,58-/m1/s1. The lowest BCUT2D eigenvalue weighted by Gasteiger charge is -2.63. The summed E-state index contributed by atoms with van der Waals surface area (Å²) in [6.07, 6.45) is -27.8. The first kappa shape index (κ1) is 63.7. The van der Waals surface area contributed by atoms with Gasteiger partial charge in [0.2, 0.25) is 0 Å². The van der Waals surface area contributed by atoms with Crippen LogP contribution >= 0.6 is 0 Å². The molecular weight excluding hydrogens is 1100 g/mol. The highest BCUT2D eigenvalue weighted by Gasteiger charge is 2.79. The number of ketones is 1. The van der Waals surface area contributed by atoms with Crippen molar-refractivity contribution in [1.29, 1.82) is 0 Å². The van der Waals surface area contributed by atoms with Gasteiger partial charge in [0.15, 0.2) is 31.5 Å². The molecule has 11 N–H and O–H groups in total. The van der Waals surface area contributed by atoms with E-state index >= 15 is 0 Å². The van der Waals surface area contributed by atoms with Gasteiger partial charge in [0.05, 0.1) is 50.0 Å². The lowest BCUT2D eigenvalue weighted by Crippen LogP contribution is -2.67. The zero-order valence-electron chi connectivity index (χ0n) is 48.6. The summed E-state index contributed by atoms with van der Waals surface area (Å²) >= 11 is 0. The van der Waals surface area contributed by atoms with Crippen molar-refractivity contribution in [2.75, 3.05) is 33.5 Å². The van der Waals surface area contributed by atoms with E-state index in [1.54, 1.807) is 0 Å². The van der Waals surface area contributed by atoms with Crippen molar-refractivity contribution in [2.45, 2.75) is 253 Å². The van der Waals surface area contributed by atoms with E-state index in [1.165, 1.54) is 14.0 Å². The third kappa shape index (κ3) is 10.7. The van der Waals surface area contributed by atoms with Crippen molar-refractivity contribution in [3.8, 4) is 0 Å². The Morgan fingerprint density at radius 3 is 1.94 bits per heavy atom. The zero-order valence-corrected chi connectivity index (χ0v) is 48.6. The number of esters is 1. The lowest BCUT2D eigenvalue weighted by molar-refractivity contribution is -0.399. The number of carbonyl (C=O) groups is 2. The number of hydrogen-bond acceptors (Lipinski definition) is 25. The number of aliphatic hydroxyl groups is 11. The van der Waals surface area contributed by atoms with Gasteiger partial charge in [-0.2, -0.15) is 0 Å². The largest absolute Gasteiger partial charge is 0.458 e. The molecule has 10 aliphatic rings. The van der Waals surface area contributed by atoms with Gasteiger partial charge in [-0.05, 0) is 94.8 Å². The number of allylic oxidation sites excluding steroid dienone is 3. The molecule has 0 aromatic rings. The van der Waals surface area contributed by atoms with Crippen LogP contribution in [0.2, 0.25) is 0 Å². The first-order valence-corrected chi connectivity index (χ1v) is 29.6. The molecule has 6 aliphatic heterocycles. The molecule has 6 saturated heterocycles. The van der Waals surface area contributed by atoms with E-state index in [4.69, 9.17) is 56.8 Å².